The molecule has 41 heavy (non-hydrogen) atoms. The number of rotatable bonds is 7. The summed E-state index contributed by atoms with van der Waals surface area (Å²) in [6.45, 7) is 8.51. The van der Waals surface area contributed by atoms with Gasteiger partial charge in [-0.05, 0) is 38.6 Å². The van der Waals surface area contributed by atoms with Gasteiger partial charge in [-0.15, -0.1) is 0 Å². The zero-order valence-corrected chi connectivity index (χ0v) is 24.2. The quantitative estimate of drug-likeness (QED) is 0.494. The third kappa shape index (κ3) is 5.33. The maximum absolute atomic E-state index is 15.1. The molecular weight excluding hydrogens is 553 g/mol. The van der Waals surface area contributed by atoms with Gasteiger partial charge in [-0.1, -0.05) is 24.2 Å². The van der Waals surface area contributed by atoms with Crippen LogP contribution in [-0.4, -0.2) is 115 Å². The standard InChI is InChI=1S/C29H35ClFN5O5/c1-5-22(38)34-9-10-35-19(14-34)16-41-27-24(29(35)39)28(36-15-18(13-17(36)2)33(3)11-12-40-4)32-26(25(27)30)23-20(31)7-6-8-21(23)37/h5-8,17-19,37H,1,9-16H2,2-4H3/t17-,18-,19+/m0/s1. The van der Waals surface area contributed by atoms with Crippen molar-refractivity contribution in [2.24, 2.45) is 0 Å². The minimum atomic E-state index is -0.701. The van der Waals surface area contributed by atoms with Crippen molar-refractivity contribution in [3.63, 3.8) is 0 Å². The van der Waals surface area contributed by atoms with E-state index < -0.39 is 11.9 Å². The van der Waals surface area contributed by atoms with Crippen molar-refractivity contribution in [1.82, 2.24) is 19.7 Å². The number of piperazine rings is 1. The topological polar surface area (TPSA) is 98.7 Å². The Balaban J connectivity index is 1.62. The number of phenolic OH excluding ortho intramolecular Hbond substituents is 1. The number of methoxy groups -OCH3 is 1. The highest BCUT2D eigenvalue weighted by atomic mass is 35.5. The summed E-state index contributed by atoms with van der Waals surface area (Å²) in [6, 6.07) is 3.68. The van der Waals surface area contributed by atoms with Crippen LogP contribution in [-0.2, 0) is 9.53 Å². The van der Waals surface area contributed by atoms with Crippen LogP contribution >= 0.6 is 11.6 Å². The molecule has 12 heteroatoms. The molecule has 3 atom stereocenters. The summed E-state index contributed by atoms with van der Waals surface area (Å²) in [5.41, 5.74) is 0.0334. The summed E-state index contributed by atoms with van der Waals surface area (Å²) in [7, 11) is 3.69. The van der Waals surface area contributed by atoms with Crippen LogP contribution in [0.1, 0.15) is 23.7 Å². The van der Waals surface area contributed by atoms with Gasteiger partial charge in [-0.2, -0.15) is 0 Å². The molecule has 2 aromatic rings. The molecule has 5 rings (SSSR count). The number of benzene rings is 1. The highest BCUT2D eigenvalue weighted by Gasteiger charge is 2.43. The molecule has 0 aliphatic carbocycles. The number of hydrogen-bond donors (Lipinski definition) is 1. The number of ether oxygens (including phenoxy) is 2. The Kier molecular flexibility index (Phi) is 8.40. The molecule has 1 aromatic carbocycles. The van der Waals surface area contributed by atoms with Crippen molar-refractivity contribution in [2.75, 3.05) is 65.0 Å². The van der Waals surface area contributed by atoms with Crippen LogP contribution in [0.3, 0.4) is 0 Å². The van der Waals surface area contributed by atoms with E-state index >= 15 is 4.39 Å². The number of likely N-dealkylation sites (N-methyl/N-ethyl adjacent to an activating group) is 1. The molecule has 2 amide bonds. The SMILES string of the molecule is C=CC(=O)N1CCN2C(=O)c3c(N4C[C@@H](N(C)CCOC)C[C@@H]4C)nc(-c4c(O)cccc4F)c(Cl)c3OC[C@H]2C1. The number of aromatic hydroxyl groups is 1. The Morgan fingerprint density at radius 2 is 2.10 bits per heavy atom. The number of amides is 2. The smallest absolute Gasteiger partial charge is 0.261 e. The molecule has 10 nitrogen and oxygen atoms in total. The monoisotopic (exact) mass is 587 g/mol. The van der Waals surface area contributed by atoms with E-state index in [0.29, 0.717) is 32.1 Å². The van der Waals surface area contributed by atoms with Crippen LogP contribution in [0.15, 0.2) is 30.9 Å². The van der Waals surface area contributed by atoms with Crippen LogP contribution in [0.5, 0.6) is 11.5 Å². The van der Waals surface area contributed by atoms with Crippen LogP contribution in [0, 0.1) is 5.82 Å². The van der Waals surface area contributed by atoms with Gasteiger partial charge >= 0.3 is 0 Å². The first-order valence-electron chi connectivity index (χ1n) is 13.7. The molecule has 4 heterocycles. The summed E-state index contributed by atoms with van der Waals surface area (Å²) < 4.78 is 26.6. The molecule has 2 saturated heterocycles. The van der Waals surface area contributed by atoms with Gasteiger partial charge in [-0.3, -0.25) is 14.5 Å². The minimum absolute atomic E-state index is 0.00413. The Labute approximate surface area is 243 Å². The van der Waals surface area contributed by atoms with Crippen molar-refractivity contribution in [2.45, 2.75) is 31.5 Å². The number of hydrogen-bond acceptors (Lipinski definition) is 8. The van der Waals surface area contributed by atoms with Gasteiger partial charge in [0, 0.05) is 51.9 Å². The highest BCUT2D eigenvalue weighted by molar-refractivity contribution is 6.35. The van der Waals surface area contributed by atoms with Crippen LogP contribution in [0.25, 0.3) is 11.3 Å². The maximum Gasteiger partial charge on any atom is 0.261 e. The highest BCUT2D eigenvalue weighted by Crippen LogP contribution is 2.47. The number of nitrogens with zero attached hydrogens (tertiary/aromatic N) is 5. The number of anilines is 1. The molecule has 2 fully saturated rings. The van der Waals surface area contributed by atoms with Gasteiger partial charge in [0.15, 0.2) is 5.75 Å². The zero-order chi connectivity index (χ0) is 29.4. The van der Waals surface area contributed by atoms with E-state index in [-0.39, 0.29) is 70.4 Å². The molecule has 0 spiro atoms. The van der Waals surface area contributed by atoms with Crippen molar-refractivity contribution in [3.05, 3.63) is 47.3 Å². The zero-order valence-electron chi connectivity index (χ0n) is 23.5. The number of phenols is 1. The first kappa shape index (κ1) is 29.1. The van der Waals surface area contributed by atoms with E-state index in [4.69, 9.17) is 26.1 Å². The number of halogens is 2. The first-order valence-corrected chi connectivity index (χ1v) is 14.1. The lowest BCUT2D eigenvalue weighted by Gasteiger charge is -2.39. The Morgan fingerprint density at radius 3 is 2.80 bits per heavy atom. The molecule has 0 bridgehead atoms. The minimum Gasteiger partial charge on any atom is -0.507 e. The second-order valence-electron chi connectivity index (χ2n) is 10.8. The van der Waals surface area contributed by atoms with Crippen LogP contribution < -0.4 is 9.64 Å². The average molecular weight is 588 g/mol. The summed E-state index contributed by atoms with van der Waals surface area (Å²) in [5.74, 6) is -1.14. The maximum atomic E-state index is 15.1. The third-order valence-electron chi connectivity index (χ3n) is 8.26. The molecule has 220 valence electrons. The van der Waals surface area contributed by atoms with Gasteiger partial charge in [0.25, 0.3) is 5.91 Å². The lowest BCUT2D eigenvalue weighted by Crippen LogP contribution is -2.57. The van der Waals surface area contributed by atoms with Crippen molar-refractivity contribution in [3.8, 4) is 22.8 Å². The second kappa shape index (κ2) is 11.8. The molecule has 0 saturated carbocycles. The Hall–Kier alpha value is -3.41. The van der Waals surface area contributed by atoms with Crippen LogP contribution in [0.4, 0.5) is 10.2 Å². The summed E-state index contributed by atoms with van der Waals surface area (Å²) >= 11 is 6.84. The van der Waals surface area contributed by atoms with E-state index in [1.807, 2.05) is 11.9 Å². The summed E-state index contributed by atoms with van der Waals surface area (Å²) in [6.07, 6.45) is 2.06. The number of aromatic nitrogens is 1. The fraction of sp³-hybridized carbons (Fsp3) is 0.483. The number of carbonyl (C=O) groups is 2. The average Bonchev–Trinajstić information content (AvgIpc) is 3.28. The van der Waals surface area contributed by atoms with Crippen molar-refractivity contribution < 1.29 is 28.6 Å². The molecule has 1 aromatic heterocycles. The molecule has 3 aliphatic rings. The van der Waals surface area contributed by atoms with Gasteiger partial charge in [0.2, 0.25) is 5.91 Å². The van der Waals surface area contributed by atoms with E-state index in [1.54, 1.807) is 16.9 Å². The molecule has 0 radical (unpaired) electrons. The lowest BCUT2D eigenvalue weighted by atomic mass is 10.0. The number of carbonyl (C=O) groups excluding carboxylic acids is 2. The number of fused-ring (bicyclic) bond motifs is 2. The molecule has 0 unspecified atom stereocenters. The number of pyridine rings is 1. The molecule has 3 aliphatic heterocycles. The summed E-state index contributed by atoms with van der Waals surface area (Å²) in [4.78, 5) is 38.9. The van der Waals surface area contributed by atoms with Gasteiger partial charge in [-0.25, -0.2) is 9.37 Å². The second-order valence-corrected chi connectivity index (χ2v) is 11.1. The van der Waals surface area contributed by atoms with Crippen LogP contribution in [0.2, 0.25) is 5.02 Å². The fourth-order valence-corrected chi connectivity index (χ4v) is 6.22. The van der Waals surface area contributed by atoms with E-state index in [1.165, 1.54) is 24.3 Å². The predicted octanol–water partition coefficient (Wildman–Crippen LogP) is 3.02. The molecular formula is C29H35ClFN5O5. The molecule has 1 N–H and O–H groups in total. The normalized spacial score (nSPS) is 22.3. The predicted molar refractivity (Wildman–Crippen MR) is 153 cm³/mol. The summed E-state index contributed by atoms with van der Waals surface area (Å²) in [5, 5.41) is 10.6. The fourth-order valence-electron chi connectivity index (χ4n) is 5.93. The van der Waals surface area contributed by atoms with Gasteiger partial charge < -0.3 is 29.3 Å². The van der Waals surface area contributed by atoms with Gasteiger partial charge in [0.05, 0.1) is 18.2 Å². The largest absolute Gasteiger partial charge is 0.507 e. The Morgan fingerprint density at radius 1 is 1.32 bits per heavy atom. The van der Waals surface area contributed by atoms with Crippen molar-refractivity contribution >= 4 is 29.2 Å². The lowest BCUT2D eigenvalue weighted by molar-refractivity contribution is -0.128. The van der Waals surface area contributed by atoms with Gasteiger partial charge in [0.1, 0.15) is 40.3 Å². The van der Waals surface area contributed by atoms with E-state index in [2.05, 4.69) is 18.4 Å². The third-order valence-corrected chi connectivity index (χ3v) is 8.61. The van der Waals surface area contributed by atoms with E-state index in [9.17, 15) is 14.7 Å². The van der Waals surface area contributed by atoms with Crippen molar-refractivity contribution in [1.29, 1.82) is 0 Å². The Bertz CT molecular complexity index is 1340. The first-order chi connectivity index (χ1) is 19.7. The van der Waals surface area contributed by atoms with E-state index in [0.717, 1.165) is 13.0 Å².